The van der Waals surface area contributed by atoms with Crippen LogP contribution in [0.2, 0.25) is 0 Å². The number of hydrogen-bond acceptors (Lipinski definition) is 3. The van der Waals surface area contributed by atoms with E-state index in [1.165, 1.54) is 30.4 Å². The Morgan fingerprint density at radius 1 is 1.62 bits per heavy atom. The Morgan fingerprint density at radius 2 is 2.44 bits per heavy atom. The number of rotatable bonds is 1. The number of nitrogens with zero attached hydrogens (tertiary/aromatic N) is 2. The van der Waals surface area contributed by atoms with E-state index < -0.39 is 5.97 Å². The summed E-state index contributed by atoms with van der Waals surface area (Å²) in [5.41, 5.74) is 0.897. The topological polar surface area (TPSA) is 54.6 Å². The molecule has 1 aliphatic carbocycles. The molecule has 1 fully saturated rings. The quantitative estimate of drug-likeness (QED) is 0.763. The largest absolute Gasteiger partial charge is 0.476 e. The van der Waals surface area contributed by atoms with Gasteiger partial charge >= 0.3 is 5.97 Å². The molecule has 2 heterocycles. The highest BCUT2D eigenvalue weighted by molar-refractivity contribution is 7.15. The van der Waals surface area contributed by atoms with Gasteiger partial charge in [-0.25, -0.2) is 9.78 Å². The van der Waals surface area contributed by atoms with Gasteiger partial charge in [0.1, 0.15) is 5.69 Å². The first-order valence-corrected chi connectivity index (χ1v) is 5.83. The van der Waals surface area contributed by atoms with Gasteiger partial charge in [0, 0.05) is 17.5 Å². The van der Waals surface area contributed by atoms with Gasteiger partial charge in [0.2, 0.25) is 0 Å². The summed E-state index contributed by atoms with van der Waals surface area (Å²) in [6.07, 6.45) is 3.89. The van der Waals surface area contributed by atoms with Gasteiger partial charge in [-0.1, -0.05) is 5.92 Å². The number of carbonyl (C=O) groups is 1. The summed E-state index contributed by atoms with van der Waals surface area (Å²) < 4.78 is 1.74. The molecule has 5 heteroatoms. The molecular weight excluding hydrogens is 224 g/mol. The van der Waals surface area contributed by atoms with Gasteiger partial charge in [-0.2, -0.15) is 0 Å². The molecule has 0 saturated heterocycles. The van der Waals surface area contributed by atoms with Crippen LogP contribution in [0.4, 0.5) is 0 Å². The number of carboxylic acids is 1. The summed E-state index contributed by atoms with van der Waals surface area (Å²) >= 11 is 1.41. The standard InChI is InChI=1S/C11H8N2O2S/c14-10(15)9-5-13-8(4-3-7-1-2-7)6-16-11(13)12-9/h5-7H,1-2H2,(H,14,15). The lowest BCUT2D eigenvalue weighted by molar-refractivity contribution is 0.0691. The lowest BCUT2D eigenvalue weighted by Gasteiger charge is -1.85. The monoisotopic (exact) mass is 232 g/mol. The summed E-state index contributed by atoms with van der Waals surface area (Å²) in [5, 5.41) is 10.7. The average molecular weight is 232 g/mol. The van der Waals surface area contributed by atoms with E-state index in [0.29, 0.717) is 10.9 Å². The van der Waals surface area contributed by atoms with Crippen LogP contribution in [0, 0.1) is 17.8 Å². The van der Waals surface area contributed by atoms with Crippen molar-refractivity contribution in [3.8, 4) is 11.8 Å². The number of thiazole rings is 1. The lowest BCUT2D eigenvalue weighted by Crippen LogP contribution is -1.95. The zero-order valence-corrected chi connectivity index (χ0v) is 9.12. The first kappa shape index (κ1) is 9.43. The van der Waals surface area contributed by atoms with E-state index in [1.54, 1.807) is 4.40 Å². The molecule has 2 aromatic heterocycles. The number of fused-ring (bicyclic) bond motifs is 1. The molecule has 0 aromatic carbocycles. The van der Waals surface area contributed by atoms with E-state index in [1.807, 2.05) is 5.38 Å². The molecule has 80 valence electrons. The van der Waals surface area contributed by atoms with E-state index in [2.05, 4.69) is 16.8 Å². The number of imidazole rings is 1. The molecule has 0 unspecified atom stereocenters. The Bertz CT molecular complexity index is 625. The Hall–Kier alpha value is -1.80. The highest BCUT2D eigenvalue weighted by Gasteiger charge is 2.18. The maximum Gasteiger partial charge on any atom is 0.356 e. The summed E-state index contributed by atoms with van der Waals surface area (Å²) in [6.45, 7) is 0. The Morgan fingerprint density at radius 3 is 3.12 bits per heavy atom. The minimum atomic E-state index is -1.00. The van der Waals surface area contributed by atoms with Crippen LogP contribution in [0.25, 0.3) is 4.96 Å². The number of carboxylic acid groups (broad SMARTS) is 1. The van der Waals surface area contributed by atoms with E-state index in [9.17, 15) is 4.79 Å². The summed E-state index contributed by atoms with van der Waals surface area (Å²) in [7, 11) is 0. The highest BCUT2D eigenvalue weighted by atomic mass is 32.1. The molecule has 0 spiro atoms. The van der Waals surface area contributed by atoms with Crippen LogP contribution in [0.1, 0.15) is 29.0 Å². The number of hydrogen-bond donors (Lipinski definition) is 1. The van der Waals surface area contributed by atoms with Crippen molar-refractivity contribution in [3.63, 3.8) is 0 Å². The van der Waals surface area contributed by atoms with Gasteiger partial charge in [-0.05, 0) is 18.8 Å². The van der Waals surface area contributed by atoms with Crippen LogP contribution in [-0.4, -0.2) is 20.5 Å². The van der Waals surface area contributed by atoms with Crippen LogP contribution < -0.4 is 0 Å². The van der Waals surface area contributed by atoms with Crippen molar-refractivity contribution in [3.05, 3.63) is 23.0 Å². The number of aromatic carboxylic acids is 1. The summed E-state index contributed by atoms with van der Waals surface area (Å²) in [6, 6.07) is 0. The molecule has 1 aliphatic rings. The van der Waals surface area contributed by atoms with Crippen LogP contribution in [-0.2, 0) is 0 Å². The second kappa shape index (κ2) is 3.35. The summed E-state index contributed by atoms with van der Waals surface area (Å²) in [5.74, 6) is 5.76. The fraction of sp³-hybridized carbons (Fsp3) is 0.273. The van der Waals surface area contributed by atoms with Crippen molar-refractivity contribution >= 4 is 22.3 Å². The normalized spacial score (nSPS) is 14.8. The maximum absolute atomic E-state index is 10.7. The van der Waals surface area contributed by atoms with Crippen LogP contribution in [0.5, 0.6) is 0 Å². The van der Waals surface area contributed by atoms with Gasteiger partial charge in [-0.15, -0.1) is 11.3 Å². The van der Waals surface area contributed by atoms with E-state index in [0.717, 1.165) is 5.69 Å². The third-order valence-electron chi connectivity index (χ3n) is 2.41. The smallest absolute Gasteiger partial charge is 0.356 e. The molecule has 0 radical (unpaired) electrons. The molecule has 4 nitrogen and oxygen atoms in total. The molecule has 1 saturated carbocycles. The molecule has 0 amide bonds. The fourth-order valence-electron chi connectivity index (χ4n) is 1.38. The second-order valence-electron chi connectivity index (χ2n) is 3.75. The van der Waals surface area contributed by atoms with E-state index in [-0.39, 0.29) is 5.69 Å². The Labute approximate surface area is 95.5 Å². The predicted molar refractivity (Wildman–Crippen MR) is 59.6 cm³/mol. The maximum atomic E-state index is 10.7. The minimum absolute atomic E-state index is 0.0707. The van der Waals surface area contributed by atoms with Gasteiger partial charge < -0.3 is 5.11 Å². The van der Waals surface area contributed by atoms with E-state index >= 15 is 0 Å². The van der Waals surface area contributed by atoms with Gasteiger partial charge in [-0.3, -0.25) is 4.40 Å². The van der Waals surface area contributed by atoms with Crippen LogP contribution in [0.3, 0.4) is 0 Å². The first-order valence-electron chi connectivity index (χ1n) is 4.95. The first-order chi connectivity index (χ1) is 7.74. The third-order valence-corrected chi connectivity index (χ3v) is 3.25. The molecule has 0 bridgehead atoms. The van der Waals surface area contributed by atoms with Crippen LogP contribution in [0.15, 0.2) is 11.6 Å². The van der Waals surface area contributed by atoms with Crippen molar-refractivity contribution in [2.24, 2.45) is 5.92 Å². The predicted octanol–water partition coefficient (Wildman–Crippen LogP) is 1.86. The van der Waals surface area contributed by atoms with Crippen molar-refractivity contribution in [1.29, 1.82) is 0 Å². The van der Waals surface area contributed by atoms with Crippen molar-refractivity contribution in [1.82, 2.24) is 9.38 Å². The minimum Gasteiger partial charge on any atom is -0.476 e. The molecule has 3 rings (SSSR count). The number of aromatic nitrogens is 2. The molecule has 1 N–H and O–H groups in total. The fourth-order valence-corrected chi connectivity index (χ4v) is 2.19. The van der Waals surface area contributed by atoms with Crippen LogP contribution >= 0.6 is 11.3 Å². The van der Waals surface area contributed by atoms with Gasteiger partial charge in [0.25, 0.3) is 0 Å². The van der Waals surface area contributed by atoms with Gasteiger partial charge in [0.15, 0.2) is 10.7 Å². The highest BCUT2D eigenvalue weighted by Crippen LogP contribution is 2.27. The molecular formula is C11H8N2O2S. The lowest BCUT2D eigenvalue weighted by atomic mass is 10.4. The molecule has 0 aliphatic heterocycles. The zero-order chi connectivity index (χ0) is 11.1. The van der Waals surface area contributed by atoms with Crippen molar-refractivity contribution < 1.29 is 9.90 Å². The Kier molecular flexibility index (Phi) is 1.98. The van der Waals surface area contributed by atoms with Crippen molar-refractivity contribution in [2.45, 2.75) is 12.8 Å². The Balaban J connectivity index is 2.05. The van der Waals surface area contributed by atoms with E-state index in [4.69, 9.17) is 5.11 Å². The van der Waals surface area contributed by atoms with Crippen molar-refractivity contribution in [2.75, 3.05) is 0 Å². The third kappa shape index (κ3) is 1.57. The SMILES string of the molecule is O=C(O)c1cn2c(C#CC3CC3)csc2n1. The molecule has 0 atom stereocenters. The second-order valence-corrected chi connectivity index (χ2v) is 4.58. The zero-order valence-electron chi connectivity index (χ0n) is 8.30. The summed E-state index contributed by atoms with van der Waals surface area (Å²) in [4.78, 5) is 15.4. The molecule has 2 aromatic rings. The van der Waals surface area contributed by atoms with Gasteiger partial charge in [0.05, 0.1) is 0 Å². The molecule has 16 heavy (non-hydrogen) atoms. The average Bonchev–Trinajstić information content (AvgIpc) is 2.85.